The third-order valence-electron chi connectivity index (χ3n) is 2.98. The predicted molar refractivity (Wildman–Crippen MR) is 70.2 cm³/mol. The average Bonchev–Trinajstić information content (AvgIpc) is 2.87. The quantitative estimate of drug-likeness (QED) is 0.882. The average molecular weight is 315 g/mol. The molecule has 1 heterocycles. The first-order valence-electron chi connectivity index (χ1n) is 6.41. The lowest BCUT2D eigenvalue weighted by atomic mass is 10.1. The molecule has 0 spiro atoms. The first-order chi connectivity index (χ1) is 10.3. The van der Waals surface area contributed by atoms with Crippen LogP contribution in [0.25, 0.3) is 0 Å². The van der Waals surface area contributed by atoms with Crippen molar-refractivity contribution in [2.45, 2.75) is 25.7 Å². The molecular formula is C14H13F4N3O. The topological polar surface area (TPSA) is 46.9 Å². The highest BCUT2D eigenvalue weighted by molar-refractivity contribution is 5.76. The van der Waals surface area contributed by atoms with Crippen LogP contribution in [0.15, 0.2) is 36.5 Å². The minimum absolute atomic E-state index is 0.332. The van der Waals surface area contributed by atoms with Gasteiger partial charge in [-0.2, -0.15) is 18.3 Å². The number of aromatic nitrogens is 2. The zero-order valence-corrected chi connectivity index (χ0v) is 11.6. The van der Waals surface area contributed by atoms with Gasteiger partial charge < -0.3 is 5.32 Å². The van der Waals surface area contributed by atoms with E-state index in [-0.39, 0.29) is 6.54 Å². The Morgan fingerprint density at radius 2 is 1.91 bits per heavy atom. The summed E-state index contributed by atoms with van der Waals surface area (Å²) < 4.78 is 50.9. The largest absolute Gasteiger partial charge is 0.435 e. The van der Waals surface area contributed by atoms with Gasteiger partial charge in [-0.1, -0.05) is 12.1 Å². The summed E-state index contributed by atoms with van der Waals surface area (Å²) in [7, 11) is 0. The molecule has 0 bridgehead atoms. The van der Waals surface area contributed by atoms with Gasteiger partial charge in [-0.05, 0) is 30.7 Å². The molecule has 2 rings (SSSR count). The minimum atomic E-state index is -4.54. The summed E-state index contributed by atoms with van der Waals surface area (Å²) >= 11 is 0. The van der Waals surface area contributed by atoms with Crippen molar-refractivity contribution in [1.29, 1.82) is 0 Å². The van der Waals surface area contributed by atoms with Crippen molar-refractivity contribution in [2.75, 3.05) is 0 Å². The number of nitrogens with zero attached hydrogens (tertiary/aromatic N) is 2. The molecule has 118 valence electrons. The van der Waals surface area contributed by atoms with Crippen LogP contribution < -0.4 is 5.32 Å². The standard InChI is InChI=1S/C14H13F4N3O/c1-9(10-2-4-11(15)5-3-10)19-13(22)8-21-7-6-12(20-21)14(16,17)18/h2-7,9H,8H2,1H3,(H,19,22)/t9-/m1/s1. The Hall–Kier alpha value is -2.38. The summed E-state index contributed by atoms with van der Waals surface area (Å²) in [4.78, 5) is 11.8. The van der Waals surface area contributed by atoms with Gasteiger partial charge in [0.15, 0.2) is 5.69 Å². The molecule has 0 saturated carbocycles. The molecule has 0 aliphatic carbocycles. The molecule has 4 nitrogen and oxygen atoms in total. The maximum absolute atomic E-state index is 12.8. The SMILES string of the molecule is C[C@@H](NC(=O)Cn1ccc(C(F)(F)F)n1)c1ccc(F)cc1. The Morgan fingerprint density at radius 3 is 2.45 bits per heavy atom. The van der Waals surface area contributed by atoms with E-state index >= 15 is 0 Å². The zero-order chi connectivity index (χ0) is 16.3. The van der Waals surface area contributed by atoms with Crippen LogP contribution >= 0.6 is 0 Å². The summed E-state index contributed by atoms with van der Waals surface area (Å²) in [5.74, 6) is -0.882. The highest BCUT2D eigenvalue weighted by Gasteiger charge is 2.33. The lowest BCUT2D eigenvalue weighted by Gasteiger charge is -2.14. The van der Waals surface area contributed by atoms with Gasteiger partial charge in [0.05, 0.1) is 6.04 Å². The molecule has 1 amide bonds. The molecule has 1 atom stereocenters. The van der Waals surface area contributed by atoms with Crippen LogP contribution in [0.2, 0.25) is 0 Å². The Balaban J connectivity index is 1.95. The smallest absolute Gasteiger partial charge is 0.348 e. The van der Waals surface area contributed by atoms with E-state index in [1.54, 1.807) is 6.92 Å². The van der Waals surface area contributed by atoms with Crippen LogP contribution in [0, 0.1) is 5.82 Å². The number of hydrogen-bond donors (Lipinski definition) is 1. The third kappa shape index (κ3) is 4.06. The zero-order valence-electron chi connectivity index (χ0n) is 11.6. The van der Waals surface area contributed by atoms with Crippen LogP contribution in [0.1, 0.15) is 24.2 Å². The van der Waals surface area contributed by atoms with Crippen molar-refractivity contribution in [3.8, 4) is 0 Å². The molecule has 0 saturated heterocycles. The predicted octanol–water partition coefficient (Wildman–Crippen LogP) is 2.92. The van der Waals surface area contributed by atoms with Crippen molar-refractivity contribution in [2.24, 2.45) is 0 Å². The van der Waals surface area contributed by atoms with E-state index in [2.05, 4.69) is 10.4 Å². The van der Waals surface area contributed by atoms with E-state index in [9.17, 15) is 22.4 Å². The van der Waals surface area contributed by atoms with E-state index in [4.69, 9.17) is 0 Å². The second-order valence-corrected chi connectivity index (χ2v) is 4.74. The van der Waals surface area contributed by atoms with Crippen molar-refractivity contribution < 1.29 is 22.4 Å². The first-order valence-corrected chi connectivity index (χ1v) is 6.41. The number of amides is 1. The molecule has 22 heavy (non-hydrogen) atoms. The Morgan fingerprint density at radius 1 is 1.27 bits per heavy atom. The van der Waals surface area contributed by atoms with Gasteiger partial charge >= 0.3 is 6.18 Å². The number of carbonyl (C=O) groups is 1. The lowest BCUT2D eigenvalue weighted by molar-refractivity contribution is -0.141. The number of alkyl halides is 3. The van der Waals surface area contributed by atoms with E-state index in [1.165, 1.54) is 24.3 Å². The maximum Gasteiger partial charge on any atom is 0.435 e. The lowest BCUT2D eigenvalue weighted by Crippen LogP contribution is -2.30. The number of nitrogens with one attached hydrogen (secondary N) is 1. The second kappa shape index (κ2) is 6.17. The van der Waals surface area contributed by atoms with Gasteiger partial charge in [0.1, 0.15) is 12.4 Å². The van der Waals surface area contributed by atoms with E-state index < -0.39 is 29.6 Å². The van der Waals surface area contributed by atoms with Crippen LogP contribution in [0.5, 0.6) is 0 Å². The Bertz CT molecular complexity index is 649. The summed E-state index contributed by atoms with van der Waals surface area (Å²) in [6.07, 6.45) is -3.45. The van der Waals surface area contributed by atoms with E-state index in [0.29, 0.717) is 5.56 Å². The monoisotopic (exact) mass is 315 g/mol. The Kier molecular flexibility index (Phi) is 4.48. The van der Waals surface area contributed by atoms with Crippen LogP contribution in [0.3, 0.4) is 0 Å². The molecule has 8 heteroatoms. The molecule has 2 aromatic rings. The molecule has 1 N–H and O–H groups in total. The van der Waals surface area contributed by atoms with Gasteiger partial charge in [0.25, 0.3) is 0 Å². The number of benzene rings is 1. The fourth-order valence-electron chi connectivity index (χ4n) is 1.87. The molecule has 0 aliphatic heterocycles. The van der Waals surface area contributed by atoms with E-state index in [0.717, 1.165) is 16.9 Å². The van der Waals surface area contributed by atoms with Crippen LogP contribution in [-0.4, -0.2) is 15.7 Å². The van der Waals surface area contributed by atoms with Gasteiger partial charge in [-0.15, -0.1) is 0 Å². The van der Waals surface area contributed by atoms with Crippen molar-refractivity contribution in [3.05, 3.63) is 53.6 Å². The fourth-order valence-corrected chi connectivity index (χ4v) is 1.87. The number of rotatable bonds is 4. The van der Waals surface area contributed by atoms with Crippen molar-refractivity contribution in [3.63, 3.8) is 0 Å². The first kappa shape index (κ1) is 16.0. The molecule has 1 aromatic carbocycles. The highest BCUT2D eigenvalue weighted by atomic mass is 19.4. The molecule has 0 unspecified atom stereocenters. The number of hydrogen-bond acceptors (Lipinski definition) is 2. The summed E-state index contributed by atoms with van der Waals surface area (Å²) in [5, 5.41) is 5.90. The second-order valence-electron chi connectivity index (χ2n) is 4.74. The molecule has 1 aromatic heterocycles. The molecule has 0 aliphatic rings. The van der Waals surface area contributed by atoms with Crippen molar-refractivity contribution >= 4 is 5.91 Å². The summed E-state index contributed by atoms with van der Waals surface area (Å²) in [6, 6.07) is 5.98. The minimum Gasteiger partial charge on any atom is -0.348 e. The molecular weight excluding hydrogens is 302 g/mol. The normalized spacial score (nSPS) is 13.0. The number of carbonyl (C=O) groups excluding carboxylic acids is 1. The maximum atomic E-state index is 12.8. The van der Waals surface area contributed by atoms with Crippen LogP contribution in [0.4, 0.5) is 17.6 Å². The van der Waals surface area contributed by atoms with Gasteiger partial charge in [0, 0.05) is 6.20 Å². The van der Waals surface area contributed by atoms with Gasteiger partial charge in [-0.3, -0.25) is 9.48 Å². The molecule has 0 radical (unpaired) electrons. The van der Waals surface area contributed by atoms with E-state index in [1.807, 2.05) is 0 Å². The number of halogens is 4. The summed E-state index contributed by atoms with van der Waals surface area (Å²) in [6.45, 7) is 1.36. The Labute approximate surface area is 123 Å². The third-order valence-corrected chi connectivity index (χ3v) is 2.98. The van der Waals surface area contributed by atoms with Gasteiger partial charge in [-0.25, -0.2) is 4.39 Å². The highest BCUT2D eigenvalue weighted by Crippen LogP contribution is 2.27. The summed E-state index contributed by atoms with van der Waals surface area (Å²) in [5.41, 5.74) is -0.363. The fraction of sp³-hybridized carbons (Fsp3) is 0.286. The molecule has 0 fully saturated rings. The van der Waals surface area contributed by atoms with Crippen molar-refractivity contribution in [1.82, 2.24) is 15.1 Å². The van der Waals surface area contributed by atoms with Gasteiger partial charge in [0.2, 0.25) is 5.91 Å². The van der Waals surface area contributed by atoms with Crippen LogP contribution in [-0.2, 0) is 17.5 Å².